The second-order valence-electron chi connectivity index (χ2n) is 4.81. The van der Waals surface area contributed by atoms with Crippen molar-refractivity contribution in [1.29, 1.82) is 0 Å². The first kappa shape index (κ1) is 12.7. The number of likely N-dealkylation sites (N-methyl/N-ethyl adjacent to an activating group) is 1. The summed E-state index contributed by atoms with van der Waals surface area (Å²) in [5, 5.41) is 6.71. The first-order chi connectivity index (χ1) is 9.08. The molecule has 0 radical (unpaired) electrons. The molecular weight excluding hydrogens is 312 g/mol. The van der Waals surface area contributed by atoms with Crippen molar-refractivity contribution in [2.24, 2.45) is 0 Å². The number of aromatic nitrogens is 1. The molecule has 1 atom stereocenters. The molecule has 2 aliphatic rings. The maximum atomic E-state index is 11.7. The van der Waals surface area contributed by atoms with Crippen LogP contribution in [0.3, 0.4) is 0 Å². The summed E-state index contributed by atoms with van der Waals surface area (Å²) in [4.78, 5) is 18.3. The van der Waals surface area contributed by atoms with E-state index in [2.05, 4.69) is 36.4 Å². The van der Waals surface area contributed by atoms with E-state index in [1.54, 1.807) is 0 Å². The topological polar surface area (TPSA) is 66.5 Å². The summed E-state index contributed by atoms with van der Waals surface area (Å²) in [7, 11) is 3.28. The number of methoxy groups -OCH3 is 1. The SMILES string of the molecule is CN[C@]12CCN(C1)c1cc(Br)c(C(=O)OC)nc1N2. The fraction of sp³-hybridized carbons (Fsp3) is 0.500. The Hall–Kier alpha value is -1.34. The third kappa shape index (κ3) is 1.88. The molecule has 0 aliphatic carbocycles. The lowest BCUT2D eigenvalue weighted by Gasteiger charge is -2.37. The Bertz CT molecular complexity index is 551. The predicted octanol–water partition coefficient (Wildman–Crippen LogP) is 1.18. The molecule has 19 heavy (non-hydrogen) atoms. The van der Waals surface area contributed by atoms with Crippen molar-refractivity contribution in [2.45, 2.75) is 12.1 Å². The molecule has 1 aromatic rings. The molecule has 0 amide bonds. The average molecular weight is 327 g/mol. The van der Waals surface area contributed by atoms with E-state index in [9.17, 15) is 4.79 Å². The maximum Gasteiger partial charge on any atom is 0.357 e. The number of pyridine rings is 1. The number of hydrogen-bond acceptors (Lipinski definition) is 6. The van der Waals surface area contributed by atoms with E-state index in [1.807, 2.05) is 13.1 Å². The number of fused-ring (bicyclic) bond motifs is 4. The average Bonchev–Trinajstić information content (AvgIpc) is 2.78. The number of carbonyl (C=O) groups is 1. The van der Waals surface area contributed by atoms with Crippen LogP contribution in [-0.2, 0) is 4.74 Å². The number of halogens is 1. The summed E-state index contributed by atoms with van der Waals surface area (Å²) >= 11 is 3.38. The normalized spacial score (nSPS) is 23.8. The van der Waals surface area contributed by atoms with E-state index in [0.717, 1.165) is 31.0 Å². The van der Waals surface area contributed by atoms with Crippen LogP contribution in [0.2, 0.25) is 0 Å². The van der Waals surface area contributed by atoms with Crippen LogP contribution in [0.15, 0.2) is 10.5 Å². The molecule has 102 valence electrons. The monoisotopic (exact) mass is 326 g/mol. The lowest BCUT2D eigenvalue weighted by Crippen LogP contribution is -2.54. The lowest BCUT2D eigenvalue weighted by atomic mass is 10.1. The van der Waals surface area contributed by atoms with Crippen molar-refractivity contribution >= 4 is 33.4 Å². The van der Waals surface area contributed by atoms with E-state index in [1.165, 1.54) is 7.11 Å². The smallest absolute Gasteiger partial charge is 0.357 e. The zero-order valence-electron chi connectivity index (χ0n) is 10.8. The van der Waals surface area contributed by atoms with Gasteiger partial charge < -0.3 is 15.0 Å². The molecule has 0 saturated carbocycles. The molecule has 1 fully saturated rings. The molecular formula is C12H15BrN4O2. The van der Waals surface area contributed by atoms with Crippen LogP contribution >= 0.6 is 15.9 Å². The zero-order valence-corrected chi connectivity index (χ0v) is 12.4. The van der Waals surface area contributed by atoms with Gasteiger partial charge in [-0.25, -0.2) is 9.78 Å². The Morgan fingerprint density at radius 2 is 2.47 bits per heavy atom. The maximum absolute atomic E-state index is 11.7. The summed E-state index contributed by atoms with van der Waals surface area (Å²) in [6.07, 6.45) is 0.991. The Labute approximate surface area is 119 Å². The zero-order chi connectivity index (χ0) is 13.6. The highest BCUT2D eigenvalue weighted by molar-refractivity contribution is 9.10. The number of hydrogen-bond donors (Lipinski definition) is 2. The summed E-state index contributed by atoms with van der Waals surface area (Å²) < 4.78 is 5.40. The number of ether oxygens (including phenoxy) is 1. The van der Waals surface area contributed by atoms with Crippen molar-refractivity contribution in [3.05, 3.63) is 16.2 Å². The van der Waals surface area contributed by atoms with Gasteiger partial charge in [0.15, 0.2) is 11.5 Å². The highest BCUT2D eigenvalue weighted by Crippen LogP contribution is 2.40. The molecule has 7 heteroatoms. The molecule has 2 N–H and O–H groups in total. The third-order valence-electron chi connectivity index (χ3n) is 3.78. The molecule has 0 aromatic carbocycles. The first-order valence-corrected chi connectivity index (χ1v) is 6.89. The molecule has 0 unspecified atom stereocenters. The predicted molar refractivity (Wildman–Crippen MR) is 75.5 cm³/mol. The van der Waals surface area contributed by atoms with Crippen molar-refractivity contribution in [2.75, 3.05) is 37.5 Å². The van der Waals surface area contributed by atoms with E-state index in [-0.39, 0.29) is 5.66 Å². The Morgan fingerprint density at radius 1 is 1.68 bits per heavy atom. The minimum absolute atomic E-state index is 0.152. The Balaban J connectivity index is 2.07. The number of anilines is 2. The molecule has 1 saturated heterocycles. The second kappa shape index (κ2) is 4.35. The van der Waals surface area contributed by atoms with E-state index < -0.39 is 5.97 Å². The fourth-order valence-electron chi connectivity index (χ4n) is 2.66. The van der Waals surface area contributed by atoms with Crippen LogP contribution in [0.1, 0.15) is 16.9 Å². The van der Waals surface area contributed by atoms with E-state index >= 15 is 0 Å². The molecule has 6 nitrogen and oxygen atoms in total. The molecule has 2 bridgehead atoms. The minimum atomic E-state index is -0.442. The lowest BCUT2D eigenvalue weighted by molar-refractivity contribution is 0.0593. The summed E-state index contributed by atoms with van der Waals surface area (Å²) in [6.45, 7) is 1.86. The van der Waals surface area contributed by atoms with E-state index in [4.69, 9.17) is 4.74 Å². The molecule has 3 heterocycles. The number of esters is 1. The van der Waals surface area contributed by atoms with Gasteiger partial charge in [0.1, 0.15) is 5.66 Å². The van der Waals surface area contributed by atoms with Gasteiger partial charge in [-0.05, 0) is 29.0 Å². The van der Waals surface area contributed by atoms with Crippen LogP contribution in [0.5, 0.6) is 0 Å². The molecule has 0 spiro atoms. The van der Waals surface area contributed by atoms with Gasteiger partial charge in [0, 0.05) is 13.0 Å². The number of nitrogens with one attached hydrogen (secondary N) is 2. The number of rotatable bonds is 2. The molecule has 1 aromatic heterocycles. The summed E-state index contributed by atoms with van der Waals surface area (Å²) in [5.41, 5.74) is 1.16. The minimum Gasteiger partial charge on any atom is -0.464 e. The number of carbonyl (C=O) groups excluding carboxylic acids is 1. The standard InChI is InChI=1S/C12H15BrN4O2/c1-14-12-3-4-17(6-12)8-5-7(13)9(11(18)19-2)15-10(8)16-12/h5,14H,3-4,6H2,1-2H3,(H,15,16)/t12-/m0/s1. The van der Waals surface area contributed by atoms with Gasteiger partial charge in [-0.15, -0.1) is 0 Å². The summed E-state index contributed by atoms with van der Waals surface area (Å²) in [6, 6.07) is 1.92. The van der Waals surface area contributed by atoms with Crippen LogP contribution in [0.25, 0.3) is 0 Å². The molecule has 3 rings (SSSR count). The Kier molecular flexibility index (Phi) is 2.90. The van der Waals surface area contributed by atoms with Gasteiger partial charge in [0.2, 0.25) is 0 Å². The van der Waals surface area contributed by atoms with Crippen LogP contribution in [-0.4, -0.2) is 43.9 Å². The Morgan fingerprint density at radius 3 is 3.16 bits per heavy atom. The first-order valence-electron chi connectivity index (χ1n) is 6.09. The quantitative estimate of drug-likeness (QED) is 0.796. The van der Waals surface area contributed by atoms with Gasteiger partial charge in [-0.3, -0.25) is 5.32 Å². The van der Waals surface area contributed by atoms with Gasteiger partial charge in [-0.2, -0.15) is 0 Å². The van der Waals surface area contributed by atoms with Crippen molar-refractivity contribution in [1.82, 2.24) is 10.3 Å². The fourth-order valence-corrected chi connectivity index (χ4v) is 3.13. The number of nitrogens with zero attached hydrogens (tertiary/aromatic N) is 2. The van der Waals surface area contributed by atoms with E-state index in [0.29, 0.717) is 10.2 Å². The van der Waals surface area contributed by atoms with Crippen molar-refractivity contribution in [3.63, 3.8) is 0 Å². The second-order valence-corrected chi connectivity index (χ2v) is 5.66. The van der Waals surface area contributed by atoms with Gasteiger partial charge >= 0.3 is 5.97 Å². The highest BCUT2D eigenvalue weighted by atomic mass is 79.9. The van der Waals surface area contributed by atoms with Crippen LogP contribution < -0.4 is 15.5 Å². The van der Waals surface area contributed by atoms with Gasteiger partial charge in [0.25, 0.3) is 0 Å². The largest absolute Gasteiger partial charge is 0.464 e. The van der Waals surface area contributed by atoms with Crippen molar-refractivity contribution in [3.8, 4) is 0 Å². The highest BCUT2D eigenvalue weighted by Gasteiger charge is 2.43. The van der Waals surface area contributed by atoms with Crippen molar-refractivity contribution < 1.29 is 9.53 Å². The van der Waals surface area contributed by atoms with Gasteiger partial charge in [0.05, 0.1) is 23.8 Å². The van der Waals surface area contributed by atoms with Gasteiger partial charge in [-0.1, -0.05) is 0 Å². The van der Waals surface area contributed by atoms with Crippen LogP contribution in [0, 0.1) is 0 Å². The van der Waals surface area contributed by atoms with Crippen LogP contribution in [0.4, 0.5) is 11.5 Å². The summed E-state index contributed by atoms with van der Waals surface area (Å²) in [5.74, 6) is 0.282. The molecule has 2 aliphatic heterocycles. The third-order valence-corrected chi connectivity index (χ3v) is 4.39.